The van der Waals surface area contributed by atoms with Gasteiger partial charge >= 0.3 is 0 Å². The van der Waals surface area contributed by atoms with Gasteiger partial charge in [0, 0.05) is 17.1 Å². The number of Topliss-reactive ketones (excluding diaryl/α,β-unsaturated/α-hetero) is 1. The molecule has 2 atom stereocenters. The maximum absolute atomic E-state index is 14.4. The zero-order chi connectivity index (χ0) is 24.0. The summed E-state index contributed by atoms with van der Waals surface area (Å²) in [5.41, 5.74) is 1.94. The van der Waals surface area contributed by atoms with Gasteiger partial charge in [-0.25, -0.2) is 4.68 Å². The van der Waals surface area contributed by atoms with Gasteiger partial charge in [0.2, 0.25) is 11.8 Å². The third-order valence-electron chi connectivity index (χ3n) is 7.99. The number of hydrogen-bond acceptors (Lipinski definition) is 4. The Labute approximate surface area is 202 Å². The van der Waals surface area contributed by atoms with E-state index in [2.05, 4.69) is 0 Å². The molecule has 0 N–H and O–H groups in total. The van der Waals surface area contributed by atoms with E-state index in [0.29, 0.717) is 34.9 Å². The van der Waals surface area contributed by atoms with Gasteiger partial charge in [-0.2, -0.15) is 5.10 Å². The van der Waals surface area contributed by atoms with Crippen molar-refractivity contribution in [2.24, 2.45) is 22.7 Å². The molecule has 7 heteroatoms. The second kappa shape index (κ2) is 6.89. The molecule has 1 aromatic heterocycles. The number of para-hydroxylation sites is 1. The van der Waals surface area contributed by atoms with Crippen molar-refractivity contribution >= 4 is 29.2 Å². The molecule has 2 unspecified atom stereocenters. The summed E-state index contributed by atoms with van der Waals surface area (Å²) in [6.07, 6.45) is 0.508. The largest absolute Gasteiger partial charge is 0.293 e. The molecule has 34 heavy (non-hydrogen) atoms. The number of benzene rings is 2. The van der Waals surface area contributed by atoms with Gasteiger partial charge in [-0.3, -0.25) is 19.3 Å². The monoisotopic (exact) mass is 473 g/mol. The lowest BCUT2D eigenvalue weighted by Gasteiger charge is -2.40. The van der Waals surface area contributed by atoms with Gasteiger partial charge in [-0.15, -0.1) is 0 Å². The second-order valence-corrected chi connectivity index (χ2v) is 10.5. The van der Waals surface area contributed by atoms with Crippen LogP contribution in [0.5, 0.6) is 0 Å². The molecule has 6 rings (SSSR count). The number of imide groups is 1. The first kappa shape index (κ1) is 21.3. The van der Waals surface area contributed by atoms with Crippen LogP contribution in [0.4, 0.5) is 0 Å². The van der Waals surface area contributed by atoms with Crippen molar-refractivity contribution < 1.29 is 14.4 Å². The van der Waals surface area contributed by atoms with Crippen molar-refractivity contribution in [3.8, 4) is 16.9 Å². The second-order valence-electron chi connectivity index (χ2n) is 10.1. The lowest BCUT2D eigenvalue weighted by molar-refractivity contribution is -0.144. The summed E-state index contributed by atoms with van der Waals surface area (Å²) in [4.78, 5) is 42.0. The van der Waals surface area contributed by atoms with Crippen LogP contribution in [-0.2, 0) is 16.0 Å². The molecule has 2 fully saturated rings. The van der Waals surface area contributed by atoms with Gasteiger partial charge in [0.05, 0.1) is 39.9 Å². The molecule has 6 nitrogen and oxygen atoms in total. The Balaban J connectivity index is 1.58. The number of halogens is 1. The molecule has 1 saturated carbocycles. The summed E-state index contributed by atoms with van der Waals surface area (Å²) in [6, 6.07) is 17.0. The number of fused-ring (bicyclic) bond motifs is 4. The highest BCUT2D eigenvalue weighted by Gasteiger charge is 2.85. The van der Waals surface area contributed by atoms with Gasteiger partial charge in [0.15, 0.2) is 5.78 Å². The molecule has 1 spiro atoms. The number of aromatic nitrogens is 2. The van der Waals surface area contributed by atoms with E-state index in [9.17, 15) is 14.4 Å². The number of likely N-dealkylation sites (tertiary alicyclic amines) is 1. The average molecular weight is 474 g/mol. The molecule has 172 valence electrons. The molecule has 2 amide bonds. The van der Waals surface area contributed by atoms with Gasteiger partial charge in [0.25, 0.3) is 0 Å². The van der Waals surface area contributed by atoms with Crippen LogP contribution < -0.4 is 0 Å². The predicted octanol–water partition coefficient (Wildman–Crippen LogP) is 4.58. The quantitative estimate of drug-likeness (QED) is 0.522. The Morgan fingerprint density at radius 2 is 1.59 bits per heavy atom. The number of carbonyl (C=O) groups is 3. The molecule has 2 aliphatic carbocycles. The van der Waals surface area contributed by atoms with Crippen LogP contribution in [0.25, 0.3) is 16.9 Å². The Morgan fingerprint density at radius 3 is 2.18 bits per heavy atom. The van der Waals surface area contributed by atoms with Gasteiger partial charge in [-0.1, -0.05) is 55.8 Å². The van der Waals surface area contributed by atoms with Crippen LogP contribution in [0.15, 0.2) is 54.6 Å². The van der Waals surface area contributed by atoms with E-state index in [0.717, 1.165) is 11.3 Å². The predicted molar refractivity (Wildman–Crippen MR) is 128 cm³/mol. The minimum atomic E-state index is -1.02. The first-order valence-corrected chi connectivity index (χ1v) is 11.9. The molecule has 1 saturated heterocycles. The molecular weight excluding hydrogens is 450 g/mol. The lowest BCUT2D eigenvalue weighted by atomic mass is 9.61. The molecule has 1 aliphatic heterocycles. The Morgan fingerprint density at radius 1 is 0.971 bits per heavy atom. The van der Waals surface area contributed by atoms with Gasteiger partial charge in [-0.05, 0) is 43.0 Å². The average Bonchev–Trinajstić information content (AvgIpc) is 3.31. The maximum atomic E-state index is 14.4. The summed E-state index contributed by atoms with van der Waals surface area (Å²) >= 11 is 6.15. The normalized spacial score (nSPS) is 26.7. The van der Waals surface area contributed by atoms with Gasteiger partial charge in [0.1, 0.15) is 0 Å². The first-order chi connectivity index (χ1) is 16.2. The Hall–Kier alpha value is -3.25. The highest BCUT2D eigenvalue weighted by atomic mass is 35.5. The summed E-state index contributed by atoms with van der Waals surface area (Å²) in [5.74, 6) is -1.75. The van der Waals surface area contributed by atoms with Gasteiger partial charge < -0.3 is 0 Å². The first-order valence-electron chi connectivity index (χ1n) is 11.6. The number of piperidine rings is 1. The SMILES string of the molecule is CCN1C(=O)C2C(C1=O)C21C(=O)c2c(nn(-c3ccccc3)c2-c2ccc(Cl)cc2)CC1(C)C. The van der Waals surface area contributed by atoms with E-state index >= 15 is 0 Å². The van der Waals surface area contributed by atoms with Crippen molar-refractivity contribution in [1.82, 2.24) is 14.7 Å². The summed E-state index contributed by atoms with van der Waals surface area (Å²) in [6.45, 7) is 6.11. The van der Waals surface area contributed by atoms with Crippen LogP contribution in [-0.4, -0.2) is 38.8 Å². The molecule has 0 radical (unpaired) electrons. The number of amides is 2. The lowest BCUT2D eigenvalue weighted by Crippen LogP contribution is -2.49. The van der Waals surface area contributed by atoms with Crippen molar-refractivity contribution in [1.29, 1.82) is 0 Å². The summed E-state index contributed by atoms with van der Waals surface area (Å²) < 4.78 is 1.81. The fourth-order valence-electron chi connectivity index (χ4n) is 6.48. The molecule has 2 aromatic carbocycles. The van der Waals surface area contributed by atoms with Crippen LogP contribution in [0.2, 0.25) is 5.02 Å². The smallest absolute Gasteiger partial charge is 0.234 e. The Kier molecular flexibility index (Phi) is 4.31. The summed E-state index contributed by atoms with van der Waals surface area (Å²) in [7, 11) is 0. The van der Waals surface area contributed by atoms with Crippen LogP contribution in [0.3, 0.4) is 0 Å². The van der Waals surface area contributed by atoms with E-state index in [1.807, 2.05) is 56.3 Å². The number of nitrogens with zero attached hydrogens (tertiary/aromatic N) is 3. The molecule has 0 bridgehead atoms. The zero-order valence-corrected chi connectivity index (χ0v) is 20.0. The van der Waals surface area contributed by atoms with Crippen molar-refractivity contribution in [3.05, 3.63) is 70.9 Å². The zero-order valence-electron chi connectivity index (χ0n) is 19.2. The topological polar surface area (TPSA) is 72.3 Å². The minimum absolute atomic E-state index is 0.140. The van der Waals surface area contributed by atoms with E-state index < -0.39 is 22.7 Å². The van der Waals surface area contributed by atoms with Crippen LogP contribution >= 0.6 is 11.6 Å². The molecule has 3 aromatic rings. The van der Waals surface area contributed by atoms with Crippen molar-refractivity contribution in [3.63, 3.8) is 0 Å². The molecule has 2 heterocycles. The standard InChI is InChI=1S/C27H24ClN3O3/c1-4-30-24(33)20-21(25(30)34)27(20)23(32)19-18(14-26(27,2)3)29-31(17-8-6-5-7-9-17)22(19)15-10-12-16(28)13-11-15/h5-13,20-21H,4,14H2,1-3H3. The highest BCUT2D eigenvalue weighted by Crippen LogP contribution is 2.75. The van der Waals surface area contributed by atoms with E-state index in [1.165, 1.54) is 4.90 Å². The number of ketones is 1. The fraction of sp³-hybridized carbons (Fsp3) is 0.333. The third-order valence-corrected chi connectivity index (χ3v) is 8.25. The summed E-state index contributed by atoms with van der Waals surface area (Å²) in [5, 5.41) is 5.50. The number of carbonyl (C=O) groups excluding carboxylic acids is 3. The maximum Gasteiger partial charge on any atom is 0.234 e. The minimum Gasteiger partial charge on any atom is -0.293 e. The van der Waals surface area contributed by atoms with Crippen LogP contribution in [0, 0.1) is 22.7 Å². The highest BCUT2D eigenvalue weighted by molar-refractivity contribution is 6.30. The number of rotatable bonds is 3. The van der Waals surface area contributed by atoms with Crippen molar-refractivity contribution in [2.45, 2.75) is 27.2 Å². The third kappa shape index (κ3) is 2.47. The number of hydrogen-bond donors (Lipinski definition) is 0. The Bertz CT molecular complexity index is 1350. The van der Waals surface area contributed by atoms with E-state index in [-0.39, 0.29) is 17.6 Å². The molecule has 3 aliphatic rings. The fourth-order valence-corrected chi connectivity index (χ4v) is 6.60. The molecular formula is C27H24ClN3O3. The van der Waals surface area contributed by atoms with Crippen LogP contribution in [0.1, 0.15) is 36.8 Å². The van der Waals surface area contributed by atoms with Crippen molar-refractivity contribution in [2.75, 3.05) is 6.54 Å². The van der Waals surface area contributed by atoms with E-state index in [1.54, 1.807) is 23.7 Å². The van der Waals surface area contributed by atoms with E-state index in [4.69, 9.17) is 16.7 Å².